The van der Waals surface area contributed by atoms with Crippen molar-refractivity contribution in [2.75, 3.05) is 0 Å². The van der Waals surface area contributed by atoms with Crippen LogP contribution in [0.15, 0.2) is 35.5 Å². The fourth-order valence-electron chi connectivity index (χ4n) is 8.73. The van der Waals surface area contributed by atoms with Gasteiger partial charge in [-0.15, -0.1) is 0 Å². The van der Waals surface area contributed by atoms with Gasteiger partial charge >= 0.3 is 0 Å². The zero-order valence-electron chi connectivity index (χ0n) is 16.7. The first-order chi connectivity index (χ1) is 13.3. The molecule has 6 rings (SSSR count). The van der Waals surface area contributed by atoms with Crippen molar-refractivity contribution in [2.24, 2.45) is 47.3 Å². The van der Waals surface area contributed by atoms with Gasteiger partial charge in [0.15, 0.2) is 0 Å². The Morgan fingerprint density at radius 1 is 0.667 bits per heavy atom. The van der Waals surface area contributed by atoms with Crippen molar-refractivity contribution in [1.82, 2.24) is 0 Å². The molecule has 9 atom stereocenters. The summed E-state index contributed by atoms with van der Waals surface area (Å²) in [5.74, 6) is 7.24. The van der Waals surface area contributed by atoms with Crippen LogP contribution in [0.1, 0.15) is 70.6 Å². The molecule has 0 radical (unpaired) electrons. The standard InChI is InChI=1S/C26H35Br/c27-26-22-14-6-5-13-21(22)24-23(19-11-3-4-12-20(19)25(24)26)18-15-7-9-16-8-1-2-10-17(16)18/h5-6,13-14,16-22,25-26H,1-4,7-12,15H2. The van der Waals surface area contributed by atoms with Crippen LogP contribution in [0.4, 0.5) is 0 Å². The average molecular weight is 427 g/mol. The summed E-state index contributed by atoms with van der Waals surface area (Å²) >= 11 is 4.25. The minimum absolute atomic E-state index is 0.688. The maximum atomic E-state index is 4.25. The Labute approximate surface area is 174 Å². The summed E-state index contributed by atoms with van der Waals surface area (Å²) in [4.78, 5) is 0.688. The smallest absolute Gasteiger partial charge is 0.0286 e. The Morgan fingerprint density at radius 2 is 1.33 bits per heavy atom. The van der Waals surface area contributed by atoms with Crippen LogP contribution in [-0.4, -0.2) is 4.83 Å². The summed E-state index contributed by atoms with van der Waals surface area (Å²) in [5, 5.41) is 0. The molecule has 4 saturated carbocycles. The molecule has 27 heavy (non-hydrogen) atoms. The predicted octanol–water partition coefficient (Wildman–Crippen LogP) is 7.46. The van der Waals surface area contributed by atoms with E-state index in [-0.39, 0.29) is 0 Å². The first-order valence-corrected chi connectivity index (χ1v) is 13.0. The van der Waals surface area contributed by atoms with Gasteiger partial charge in [0.1, 0.15) is 0 Å². The van der Waals surface area contributed by atoms with Gasteiger partial charge in [-0.25, -0.2) is 0 Å². The number of fused-ring (bicyclic) bond motifs is 6. The molecule has 0 heterocycles. The van der Waals surface area contributed by atoms with Gasteiger partial charge in [0.05, 0.1) is 0 Å². The van der Waals surface area contributed by atoms with Crippen LogP contribution in [0.3, 0.4) is 0 Å². The Bertz CT molecular complexity index is 682. The van der Waals surface area contributed by atoms with Crippen molar-refractivity contribution in [2.45, 2.75) is 75.5 Å². The largest absolute Gasteiger partial charge is 0.0877 e. The highest BCUT2D eigenvalue weighted by atomic mass is 79.9. The third-order valence-electron chi connectivity index (χ3n) is 9.59. The predicted molar refractivity (Wildman–Crippen MR) is 117 cm³/mol. The lowest BCUT2D eigenvalue weighted by atomic mass is 9.60. The van der Waals surface area contributed by atoms with Crippen molar-refractivity contribution >= 4 is 15.9 Å². The van der Waals surface area contributed by atoms with E-state index in [4.69, 9.17) is 0 Å². The van der Waals surface area contributed by atoms with E-state index in [0.717, 1.165) is 41.4 Å². The second-order valence-electron chi connectivity index (χ2n) is 10.6. The van der Waals surface area contributed by atoms with Gasteiger partial charge in [0.25, 0.3) is 0 Å². The fourth-order valence-corrected chi connectivity index (χ4v) is 9.91. The second kappa shape index (κ2) is 6.89. The van der Waals surface area contributed by atoms with Gasteiger partial charge < -0.3 is 0 Å². The Hall–Kier alpha value is -0.300. The van der Waals surface area contributed by atoms with E-state index in [1.54, 1.807) is 0 Å². The Balaban J connectivity index is 1.46. The molecule has 0 aromatic heterocycles. The van der Waals surface area contributed by atoms with E-state index < -0.39 is 0 Å². The SMILES string of the molecule is BrC1C2C=CC=CC2C2=C(C3CCCC4CCCCC43)C3CCCCC3C21. The van der Waals surface area contributed by atoms with E-state index >= 15 is 0 Å². The fraction of sp³-hybridized carbons (Fsp3) is 0.769. The number of hydrogen-bond donors (Lipinski definition) is 0. The third-order valence-corrected chi connectivity index (χ3v) is 10.8. The molecule has 0 saturated heterocycles. The quantitative estimate of drug-likeness (QED) is 0.301. The Morgan fingerprint density at radius 3 is 2.26 bits per heavy atom. The van der Waals surface area contributed by atoms with E-state index in [1.165, 1.54) is 70.6 Å². The summed E-state index contributed by atoms with van der Waals surface area (Å²) in [6.07, 6.45) is 26.4. The highest BCUT2D eigenvalue weighted by Crippen LogP contribution is 2.65. The molecule has 0 amide bonds. The van der Waals surface area contributed by atoms with Gasteiger partial charge in [-0.1, -0.05) is 96.3 Å². The monoisotopic (exact) mass is 426 g/mol. The number of hydrogen-bond acceptors (Lipinski definition) is 0. The highest BCUT2D eigenvalue weighted by molar-refractivity contribution is 9.09. The lowest BCUT2D eigenvalue weighted by Crippen LogP contribution is -2.35. The normalized spacial score (nSPS) is 50.9. The van der Waals surface area contributed by atoms with Gasteiger partial charge in [-0.2, -0.15) is 0 Å². The molecule has 9 unspecified atom stereocenters. The minimum atomic E-state index is 0.688. The maximum Gasteiger partial charge on any atom is 0.0286 e. The summed E-state index contributed by atoms with van der Waals surface area (Å²) < 4.78 is 0. The number of allylic oxidation sites excluding steroid dienone is 6. The number of halogens is 1. The molecule has 0 N–H and O–H groups in total. The molecule has 0 aromatic carbocycles. The first-order valence-electron chi connectivity index (χ1n) is 12.1. The zero-order chi connectivity index (χ0) is 18.0. The van der Waals surface area contributed by atoms with E-state index in [1.807, 2.05) is 5.57 Å². The lowest BCUT2D eigenvalue weighted by Gasteiger charge is -2.45. The molecule has 4 fully saturated rings. The van der Waals surface area contributed by atoms with Crippen molar-refractivity contribution in [3.05, 3.63) is 35.5 Å². The van der Waals surface area contributed by atoms with Crippen LogP contribution in [-0.2, 0) is 0 Å². The van der Waals surface area contributed by atoms with E-state index in [0.29, 0.717) is 10.7 Å². The van der Waals surface area contributed by atoms with Crippen LogP contribution in [0, 0.1) is 47.3 Å². The van der Waals surface area contributed by atoms with E-state index in [2.05, 4.69) is 45.8 Å². The Kier molecular flexibility index (Phi) is 4.48. The molecule has 0 bridgehead atoms. The highest BCUT2D eigenvalue weighted by Gasteiger charge is 2.57. The van der Waals surface area contributed by atoms with Gasteiger partial charge in [-0.05, 0) is 61.2 Å². The summed E-state index contributed by atoms with van der Waals surface area (Å²) in [6, 6.07) is 0. The summed E-state index contributed by atoms with van der Waals surface area (Å²) in [7, 11) is 0. The maximum absolute atomic E-state index is 4.25. The molecule has 0 nitrogen and oxygen atoms in total. The number of alkyl halides is 1. The van der Waals surface area contributed by atoms with Gasteiger partial charge in [0.2, 0.25) is 0 Å². The summed E-state index contributed by atoms with van der Waals surface area (Å²) in [5.41, 5.74) is 4.02. The molecule has 0 spiro atoms. The van der Waals surface area contributed by atoms with Crippen LogP contribution in [0.25, 0.3) is 0 Å². The van der Waals surface area contributed by atoms with Crippen LogP contribution in [0.2, 0.25) is 0 Å². The molecule has 0 aliphatic heterocycles. The molecule has 6 aliphatic carbocycles. The van der Waals surface area contributed by atoms with E-state index in [9.17, 15) is 0 Å². The molecular formula is C26H35Br. The number of rotatable bonds is 1. The van der Waals surface area contributed by atoms with Crippen LogP contribution in [0.5, 0.6) is 0 Å². The van der Waals surface area contributed by atoms with Gasteiger partial charge in [-0.3, -0.25) is 0 Å². The average Bonchev–Trinajstić information content (AvgIpc) is 3.21. The minimum Gasteiger partial charge on any atom is -0.0877 e. The van der Waals surface area contributed by atoms with Crippen LogP contribution < -0.4 is 0 Å². The molecule has 6 aliphatic rings. The molecule has 146 valence electrons. The molecule has 0 aromatic rings. The zero-order valence-corrected chi connectivity index (χ0v) is 18.2. The lowest BCUT2D eigenvalue weighted by molar-refractivity contribution is 0.110. The van der Waals surface area contributed by atoms with Gasteiger partial charge in [0, 0.05) is 16.7 Å². The second-order valence-corrected chi connectivity index (χ2v) is 11.6. The topological polar surface area (TPSA) is 0 Å². The van der Waals surface area contributed by atoms with Crippen molar-refractivity contribution < 1.29 is 0 Å². The van der Waals surface area contributed by atoms with Crippen molar-refractivity contribution in [1.29, 1.82) is 0 Å². The molecule has 1 heteroatoms. The van der Waals surface area contributed by atoms with Crippen molar-refractivity contribution in [3.63, 3.8) is 0 Å². The molecular weight excluding hydrogens is 392 g/mol. The summed E-state index contributed by atoms with van der Waals surface area (Å²) in [6.45, 7) is 0. The first kappa shape index (κ1) is 17.5. The van der Waals surface area contributed by atoms with Crippen LogP contribution >= 0.6 is 15.9 Å². The third kappa shape index (κ3) is 2.59. The van der Waals surface area contributed by atoms with Crippen molar-refractivity contribution in [3.8, 4) is 0 Å².